The van der Waals surface area contributed by atoms with Crippen LogP contribution in [0.25, 0.3) is 10.8 Å². The van der Waals surface area contributed by atoms with E-state index in [1.807, 2.05) is 30.3 Å². The summed E-state index contributed by atoms with van der Waals surface area (Å²) in [5, 5.41) is 4.99. The third-order valence-electron chi connectivity index (χ3n) is 4.79. The molecule has 0 atom stereocenters. The molecule has 2 N–H and O–H groups in total. The SMILES string of the molecule is COCC1(CNS(=O)(=O)c2cccc3ccccc23)CCNCC1.Cl. The van der Waals surface area contributed by atoms with Crippen molar-refractivity contribution in [2.24, 2.45) is 5.41 Å². The van der Waals surface area contributed by atoms with Gasteiger partial charge in [0.15, 0.2) is 0 Å². The van der Waals surface area contributed by atoms with Crippen molar-refractivity contribution in [2.45, 2.75) is 17.7 Å². The highest BCUT2D eigenvalue weighted by atomic mass is 35.5. The predicted molar refractivity (Wildman–Crippen MR) is 103 cm³/mol. The third kappa shape index (κ3) is 4.51. The normalized spacial score (nSPS) is 17.2. The van der Waals surface area contributed by atoms with Gasteiger partial charge in [0.1, 0.15) is 0 Å². The molecule has 5 nitrogen and oxygen atoms in total. The average Bonchev–Trinajstić information content (AvgIpc) is 2.61. The Hall–Kier alpha value is -1.18. The number of hydrogen-bond acceptors (Lipinski definition) is 4. The van der Waals surface area contributed by atoms with Crippen LogP contribution in [-0.2, 0) is 14.8 Å². The molecular weight excluding hydrogens is 360 g/mol. The second-order valence-corrected chi connectivity index (χ2v) is 8.22. The molecule has 2 aromatic carbocycles. The number of sulfonamides is 1. The quantitative estimate of drug-likeness (QED) is 0.803. The van der Waals surface area contributed by atoms with Crippen molar-refractivity contribution < 1.29 is 13.2 Å². The van der Waals surface area contributed by atoms with Crippen LogP contribution in [0.3, 0.4) is 0 Å². The zero-order chi connectivity index (χ0) is 17.0. The molecule has 0 amide bonds. The van der Waals surface area contributed by atoms with Gasteiger partial charge in [0.25, 0.3) is 0 Å². The molecule has 0 unspecified atom stereocenters. The van der Waals surface area contributed by atoms with Crippen molar-refractivity contribution in [3.05, 3.63) is 42.5 Å². The molecule has 0 saturated carbocycles. The van der Waals surface area contributed by atoms with Crippen molar-refractivity contribution in [3.63, 3.8) is 0 Å². The minimum absolute atomic E-state index is 0. The summed E-state index contributed by atoms with van der Waals surface area (Å²) in [6, 6.07) is 12.9. The molecule has 0 spiro atoms. The number of halogens is 1. The first-order valence-corrected chi connectivity index (χ1v) is 9.72. The van der Waals surface area contributed by atoms with Gasteiger partial charge in [-0.2, -0.15) is 0 Å². The molecule has 3 rings (SSSR count). The molecule has 0 bridgehead atoms. The second kappa shape index (κ2) is 8.47. The van der Waals surface area contributed by atoms with E-state index in [2.05, 4.69) is 10.0 Å². The van der Waals surface area contributed by atoms with Gasteiger partial charge >= 0.3 is 0 Å². The number of hydrogen-bond donors (Lipinski definition) is 2. The molecular formula is C18H25ClN2O3S. The second-order valence-electron chi connectivity index (χ2n) is 6.48. The van der Waals surface area contributed by atoms with Gasteiger partial charge in [0, 0.05) is 24.5 Å². The Morgan fingerprint density at radius 2 is 1.80 bits per heavy atom. The van der Waals surface area contributed by atoms with E-state index in [-0.39, 0.29) is 17.8 Å². The minimum Gasteiger partial charge on any atom is -0.384 e. The van der Waals surface area contributed by atoms with E-state index in [0.29, 0.717) is 18.0 Å². The molecule has 7 heteroatoms. The molecule has 1 saturated heterocycles. The molecule has 0 aromatic heterocycles. The number of methoxy groups -OCH3 is 1. The molecule has 1 aliphatic rings. The van der Waals surface area contributed by atoms with Crippen molar-refractivity contribution in [2.75, 3.05) is 33.4 Å². The molecule has 1 aliphatic heterocycles. The third-order valence-corrected chi connectivity index (χ3v) is 6.25. The highest BCUT2D eigenvalue weighted by molar-refractivity contribution is 7.89. The summed E-state index contributed by atoms with van der Waals surface area (Å²) >= 11 is 0. The lowest BCUT2D eigenvalue weighted by atomic mass is 9.80. The maximum atomic E-state index is 12.9. The van der Waals surface area contributed by atoms with E-state index in [1.165, 1.54) is 0 Å². The van der Waals surface area contributed by atoms with E-state index in [1.54, 1.807) is 19.2 Å². The Balaban J connectivity index is 0.00000225. The van der Waals surface area contributed by atoms with Gasteiger partial charge in [0.05, 0.1) is 11.5 Å². The summed E-state index contributed by atoms with van der Waals surface area (Å²) in [6.07, 6.45) is 1.80. The van der Waals surface area contributed by atoms with Crippen molar-refractivity contribution in [1.29, 1.82) is 0 Å². The standard InChI is InChI=1S/C18H24N2O3S.ClH/c1-23-14-18(9-11-19-12-10-18)13-20-24(21,22)17-8-4-6-15-5-2-3-7-16(15)17;/h2-8,19-20H,9-14H2,1H3;1H. The van der Waals surface area contributed by atoms with Gasteiger partial charge in [-0.15, -0.1) is 12.4 Å². The summed E-state index contributed by atoms with van der Waals surface area (Å²) in [7, 11) is -1.90. The number of rotatable bonds is 6. The van der Waals surface area contributed by atoms with Gasteiger partial charge in [-0.3, -0.25) is 0 Å². The van der Waals surface area contributed by atoms with E-state index < -0.39 is 10.0 Å². The van der Waals surface area contributed by atoms with Crippen LogP contribution in [0, 0.1) is 5.41 Å². The van der Waals surface area contributed by atoms with Crippen LogP contribution in [0.5, 0.6) is 0 Å². The lowest BCUT2D eigenvalue weighted by molar-refractivity contribution is 0.0577. The molecule has 2 aromatic rings. The monoisotopic (exact) mass is 384 g/mol. The topological polar surface area (TPSA) is 67.4 Å². The lowest BCUT2D eigenvalue weighted by Gasteiger charge is -2.37. The van der Waals surface area contributed by atoms with Gasteiger partial charge in [-0.05, 0) is 37.4 Å². The van der Waals surface area contributed by atoms with Gasteiger partial charge in [-0.1, -0.05) is 36.4 Å². The summed E-state index contributed by atoms with van der Waals surface area (Å²) in [6.45, 7) is 2.74. The summed E-state index contributed by atoms with van der Waals surface area (Å²) < 4.78 is 33.9. The minimum atomic E-state index is -3.57. The van der Waals surface area contributed by atoms with Crippen LogP contribution in [0.4, 0.5) is 0 Å². The molecule has 138 valence electrons. The van der Waals surface area contributed by atoms with Crippen molar-refractivity contribution >= 4 is 33.2 Å². The fourth-order valence-corrected chi connectivity index (χ4v) is 4.78. The van der Waals surface area contributed by atoms with E-state index in [4.69, 9.17) is 4.74 Å². The van der Waals surface area contributed by atoms with E-state index >= 15 is 0 Å². The Labute approximate surface area is 155 Å². The number of benzene rings is 2. The Morgan fingerprint density at radius 3 is 2.52 bits per heavy atom. The zero-order valence-electron chi connectivity index (χ0n) is 14.3. The molecule has 1 fully saturated rings. The first kappa shape index (κ1) is 20.1. The number of nitrogens with one attached hydrogen (secondary N) is 2. The maximum absolute atomic E-state index is 12.9. The fourth-order valence-electron chi connectivity index (χ4n) is 3.39. The van der Waals surface area contributed by atoms with E-state index in [9.17, 15) is 8.42 Å². The van der Waals surface area contributed by atoms with Gasteiger partial charge < -0.3 is 10.1 Å². The summed E-state index contributed by atoms with van der Waals surface area (Å²) in [5.74, 6) is 0. The van der Waals surface area contributed by atoms with Crippen LogP contribution in [0.1, 0.15) is 12.8 Å². The Bertz CT molecular complexity index is 794. The van der Waals surface area contributed by atoms with Crippen LogP contribution >= 0.6 is 12.4 Å². The van der Waals surface area contributed by atoms with Gasteiger partial charge in [-0.25, -0.2) is 13.1 Å². The number of fused-ring (bicyclic) bond motifs is 1. The largest absolute Gasteiger partial charge is 0.384 e. The van der Waals surface area contributed by atoms with Crippen molar-refractivity contribution in [1.82, 2.24) is 10.0 Å². The van der Waals surface area contributed by atoms with Crippen LogP contribution < -0.4 is 10.0 Å². The Morgan fingerprint density at radius 1 is 1.12 bits per heavy atom. The summed E-state index contributed by atoms with van der Waals surface area (Å²) in [5.41, 5.74) is -0.141. The maximum Gasteiger partial charge on any atom is 0.241 e. The summed E-state index contributed by atoms with van der Waals surface area (Å²) in [4.78, 5) is 0.335. The van der Waals surface area contributed by atoms with Crippen LogP contribution in [0.15, 0.2) is 47.4 Å². The molecule has 0 aliphatic carbocycles. The van der Waals surface area contributed by atoms with Crippen LogP contribution in [0.2, 0.25) is 0 Å². The van der Waals surface area contributed by atoms with Crippen molar-refractivity contribution in [3.8, 4) is 0 Å². The zero-order valence-corrected chi connectivity index (χ0v) is 16.0. The fraction of sp³-hybridized carbons (Fsp3) is 0.444. The molecule has 0 radical (unpaired) electrons. The van der Waals surface area contributed by atoms with E-state index in [0.717, 1.165) is 36.7 Å². The molecule has 1 heterocycles. The number of ether oxygens (including phenoxy) is 1. The Kier molecular flexibility index (Phi) is 6.82. The number of piperidine rings is 1. The highest BCUT2D eigenvalue weighted by Gasteiger charge is 2.33. The lowest BCUT2D eigenvalue weighted by Crippen LogP contribution is -2.47. The average molecular weight is 385 g/mol. The van der Waals surface area contributed by atoms with Gasteiger partial charge in [0.2, 0.25) is 10.0 Å². The van der Waals surface area contributed by atoms with Crippen LogP contribution in [-0.4, -0.2) is 41.8 Å². The highest BCUT2D eigenvalue weighted by Crippen LogP contribution is 2.29. The molecule has 25 heavy (non-hydrogen) atoms. The first-order valence-electron chi connectivity index (χ1n) is 8.23. The first-order chi connectivity index (χ1) is 11.6. The smallest absolute Gasteiger partial charge is 0.241 e. The predicted octanol–water partition coefficient (Wildman–Crippen LogP) is 2.56.